The summed E-state index contributed by atoms with van der Waals surface area (Å²) in [6, 6.07) is 0. The first-order valence-corrected chi connectivity index (χ1v) is 6.83. The molecule has 1 fully saturated rings. The molecule has 0 aromatic rings. The summed E-state index contributed by atoms with van der Waals surface area (Å²) >= 11 is 0. The predicted molar refractivity (Wildman–Crippen MR) is 73.2 cm³/mol. The van der Waals surface area contributed by atoms with Crippen LogP contribution in [0.25, 0.3) is 0 Å². The number of piperazine rings is 1. The third-order valence-electron chi connectivity index (χ3n) is 4.11. The molecule has 1 heterocycles. The molecule has 0 saturated carbocycles. The van der Waals surface area contributed by atoms with E-state index in [0.717, 1.165) is 32.7 Å². The van der Waals surface area contributed by atoms with Crippen molar-refractivity contribution >= 4 is 0 Å². The van der Waals surface area contributed by atoms with Gasteiger partial charge in [-0.05, 0) is 33.6 Å². The molecule has 1 aliphatic rings. The fourth-order valence-electron chi connectivity index (χ4n) is 2.21. The molecule has 1 aliphatic heterocycles. The maximum atomic E-state index is 10.3. The minimum atomic E-state index is -0.566. The van der Waals surface area contributed by atoms with E-state index < -0.39 is 5.60 Å². The van der Waals surface area contributed by atoms with Crippen LogP contribution in [0.1, 0.15) is 41.5 Å². The Hall–Kier alpha value is -0.120. The molecule has 0 aliphatic carbocycles. The third-order valence-corrected chi connectivity index (χ3v) is 4.11. The number of hydrogen-bond acceptors (Lipinski definition) is 3. The summed E-state index contributed by atoms with van der Waals surface area (Å²) in [7, 11) is 0. The molecule has 0 aromatic carbocycles. The van der Waals surface area contributed by atoms with E-state index in [2.05, 4.69) is 44.4 Å². The fourth-order valence-corrected chi connectivity index (χ4v) is 2.21. The summed E-state index contributed by atoms with van der Waals surface area (Å²) in [6.45, 7) is 18.1. The molecule has 102 valence electrons. The minimum Gasteiger partial charge on any atom is -0.389 e. The third kappa shape index (κ3) is 4.23. The van der Waals surface area contributed by atoms with Gasteiger partial charge in [-0.3, -0.25) is 9.80 Å². The van der Waals surface area contributed by atoms with Crippen molar-refractivity contribution in [2.24, 2.45) is 5.92 Å². The molecule has 0 bridgehead atoms. The van der Waals surface area contributed by atoms with Crippen LogP contribution in [0.4, 0.5) is 0 Å². The fraction of sp³-hybridized carbons (Fsp3) is 1.00. The van der Waals surface area contributed by atoms with Gasteiger partial charge in [0.15, 0.2) is 0 Å². The average molecular weight is 242 g/mol. The molecule has 0 amide bonds. The standard InChI is InChI=1S/C14H30N2O/c1-12(2)14(6,17)11-15-7-9-16(10-8-15)13(3,4)5/h12,17H,7-11H2,1-6H3. The van der Waals surface area contributed by atoms with E-state index >= 15 is 0 Å². The van der Waals surface area contributed by atoms with Crippen LogP contribution >= 0.6 is 0 Å². The second kappa shape index (κ2) is 5.25. The van der Waals surface area contributed by atoms with Gasteiger partial charge in [-0.15, -0.1) is 0 Å². The summed E-state index contributed by atoms with van der Waals surface area (Å²) in [6.07, 6.45) is 0. The first-order chi connectivity index (χ1) is 7.63. The highest BCUT2D eigenvalue weighted by molar-refractivity contribution is 4.86. The molecule has 1 saturated heterocycles. The van der Waals surface area contributed by atoms with Crippen molar-refractivity contribution in [2.45, 2.75) is 52.7 Å². The van der Waals surface area contributed by atoms with Crippen LogP contribution in [0.15, 0.2) is 0 Å². The molecule has 1 unspecified atom stereocenters. The van der Waals surface area contributed by atoms with E-state index in [1.165, 1.54) is 0 Å². The van der Waals surface area contributed by atoms with Crippen LogP contribution in [0.2, 0.25) is 0 Å². The van der Waals surface area contributed by atoms with Crippen molar-refractivity contribution in [1.29, 1.82) is 0 Å². The molecule has 1 atom stereocenters. The smallest absolute Gasteiger partial charge is 0.0768 e. The first-order valence-electron chi connectivity index (χ1n) is 6.83. The zero-order valence-electron chi connectivity index (χ0n) is 12.5. The highest BCUT2D eigenvalue weighted by atomic mass is 16.3. The molecular formula is C14H30N2O. The van der Waals surface area contributed by atoms with Crippen molar-refractivity contribution < 1.29 is 5.11 Å². The van der Waals surface area contributed by atoms with Gasteiger partial charge in [-0.25, -0.2) is 0 Å². The number of hydrogen-bond donors (Lipinski definition) is 1. The second-order valence-electron chi connectivity index (χ2n) is 6.95. The van der Waals surface area contributed by atoms with Crippen molar-refractivity contribution in [3.8, 4) is 0 Å². The molecular weight excluding hydrogens is 212 g/mol. The van der Waals surface area contributed by atoms with Crippen molar-refractivity contribution in [3.05, 3.63) is 0 Å². The normalized spacial score (nSPS) is 24.0. The Morgan fingerprint density at radius 3 is 1.82 bits per heavy atom. The molecule has 0 radical (unpaired) electrons. The van der Waals surface area contributed by atoms with Gasteiger partial charge in [0.1, 0.15) is 0 Å². The summed E-state index contributed by atoms with van der Waals surface area (Å²) < 4.78 is 0. The minimum absolute atomic E-state index is 0.270. The monoisotopic (exact) mass is 242 g/mol. The van der Waals surface area contributed by atoms with Gasteiger partial charge >= 0.3 is 0 Å². The number of aliphatic hydroxyl groups is 1. The van der Waals surface area contributed by atoms with Crippen LogP contribution in [-0.2, 0) is 0 Å². The lowest BCUT2D eigenvalue weighted by molar-refractivity contribution is -0.0361. The van der Waals surface area contributed by atoms with Crippen LogP contribution in [0.5, 0.6) is 0 Å². The van der Waals surface area contributed by atoms with Crippen molar-refractivity contribution in [3.63, 3.8) is 0 Å². The van der Waals surface area contributed by atoms with Crippen molar-refractivity contribution in [1.82, 2.24) is 9.80 Å². The highest BCUT2D eigenvalue weighted by Gasteiger charge is 2.31. The van der Waals surface area contributed by atoms with E-state index in [1.807, 2.05) is 6.92 Å². The lowest BCUT2D eigenvalue weighted by Crippen LogP contribution is -2.56. The Labute approximate surface area is 107 Å². The maximum absolute atomic E-state index is 10.3. The summed E-state index contributed by atoms with van der Waals surface area (Å²) in [4.78, 5) is 4.91. The zero-order valence-corrected chi connectivity index (χ0v) is 12.5. The highest BCUT2D eigenvalue weighted by Crippen LogP contribution is 2.20. The van der Waals surface area contributed by atoms with Gasteiger partial charge in [-0.2, -0.15) is 0 Å². The predicted octanol–water partition coefficient (Wildman–Crippen LogP) is 1.81. The number of rotatable bonds is 3. The topological polar surface area (TPSA) is 26.7 Å². The second-order valence-corrected chi connectivity index (χ2v) is 6.95. The van der Waals surface area contributed by atoms with E-state index in [4.69, 9.17) is 0 Å². The van der Waals surface area contributed by atoms with E-state index in [0.29, 0.717) is 5.92 Å². The first kappa shape index (κ1) is 14.9. The Bertz CT molecular complexity index is 235. The number of nitrogens with zero attached hydrogens (tertiary/aromatic N) is 2. The molecule has 0 spiro atoms. The lowest BCUT2D eigenvalue weighted by Gasteiger charge is -2.44. The van der Waals surface area contributed by atoms with E-state index in [9.17, 15) is 5.11 Å². The molecule has 17 heavy (non-hydrogen) atoms. The summed E-state index contributed by atoms with van der Waals surface area (Å²) in [5, 5.41) is 10.3. The van der Waals surface area contributed by atoms with Crippen LogP contribution in [0, 0.1) is 5.92 Å². The molecule has 1 N–H and O–H groups in total. The molecule has 1 rings (SSSR count). The van der Waals surface area contributed by atoms with Crippen LogP contribution in [-0.4, -0.2) is 58.8 Å². The van der Waals surface area contributed by atoms with Gasteiger partial charge in [0, 0.05) is 38.3 Å². The summed E-state index contributed by atoms with van der Waals surface area (Å²) in [5.41, 5.74) is -0.295. The maximum Gasteiger partial charge on any atom is 0.0768 e. The lowest BCUT2D eigenvalue weighted by atomic mass is 9.91. The quantitative estimate of drug-likeness (QED) is 0.817. The number of β-amino-alcohol motifs (C(OH)–C–C–N with tert-alkyl or cyclic N) is 1. The molecule has 3 heteroatoms. The Morgan fingerprint density at radius 1 is 1.00 bits per heavy atom. The van der Waals surface area contributed by atoms with Gasteiger partial charge in [-0.1, -0.05) is 13.8 Å². The zero-order chi connectivity index (χ0) is 13.3. The Morgan fingerprint density at radius 2 is 1.47 bits per heavy atom. The summed E-state index contributed by atoms with van der Waals surface area (Å²) in [5.74, 6) is 0.308. The average Bonchev–Trinajstić information content (AvgIpc) is 2.16. The van der Waals surface area contributed by atoms with E-state index in [1.54, 1.807) is 0 Å². The SMILES string of the molecule is CC(C)C(C)(O)CN1CCN(C(C)(C)C)CC1. The Kier molecular flexibility index (Phi) is 4.61. The van der Waals surface area contributed by atoms with Gasteiger partial charge in [0.2, 0.25) is 0 Å². The van der Waals surface area contributed by atoms with Crippen LogP contribution in [0.3, 0.4) is 0 Å². The van der Waals surface area contributed by atoms with E-state index in [-0.39, 0.29) is 5.54 Å². The van der Waals surface area contributed by atoms with Crippen LogP contribution < -0.4 is 0 Å². The van der Waals surface area contributed by atoms with Gasteiger partial charge < -0.3 is 5.11 Å². The molecule has 3 nitrogen and oxygen atoms in total. The van der Waals surface area contributed by atoms with Gasteiger partial charge in [0.05, 0.1) is 5.60 Å². The van der Waals surface area contributed by atoms with Gasteiger partial charge in [0.25, 0.3) is 0 Å². The Balaban J connectivity index is 2.43. The van der Waals surface area contributed by atoms with Crippen molar-refractivity contribution in [2.75, 3.05) is 32.7 Å². The largest absolute Gasteiger partial charge is 0.389 e. The molecule has 0 aromatic heterocycles.